The number of rotatable bonds is 11. The molecule has 27 heavy (non-hydrogen) atoms. The Morgan fingerprint density at radius 3 is 2.59 bits per heavy atom. The van der Waals surface area contributed by atoms with E-state index in [9.17, 15) is 9.18 Å². The van der Waals surface area contributed by atoms with Crippen molar-refractivity contribution < 1.29 is 23.4 Å². The predicted octanol–water partition coefficient (Wildman–Crippen LogP) is 3.56. The van der Waals surface area contributed by atoms with Gasteiger partial charge in [0.05, 0.1) is 26.2 Å². The molecule has 0 aromatic heterocycles. The van der Waals surface area contributed by atoms with Crippen molar-refractivity contribution in [1.29, 1.82) is 0 Å². The number of amides is 1. The lowest BCUT2D eigenvalue weighted by atomic mass is 9.94. The van der Waals surface area contributed by atoms with Gasteiger partial charge in [-0.25, -0.2) is 4.39 Å². The molecule has 0 radical (unpaired) electrons. The minimum atomic E-state index is -0.412. The van der Waals surface area contributed by atoms with Gasteiger partial charge >= 0.3 is 0 Å². The fourth-order valence-electron chi connectivity index (χ4n) is 3.54. The molecule has 0 aliphatic heterocycles. The van der Waals surface area contributed by atoms with E-state index in [4.69, 9.17) is 14.2 Å². The molecule has 0 unspecified atom stereocenters. The summed E-state index contributed by atoms with van der Waals surface area (Å²) in [6.07, 6.45) is 6.17. The fraction of sp³-hybridized carbons (Fsp3) is 0.667. The van der Waals surface area contributed by atoms with Crippen LogP contribution in [0.1, 0.15) is 44.1 Å². The molecular formula is C21H32FNO4. The van der Waals surface area contributed by atoms with Gasteiger partial charge in [0.1, 0.15) is 5.82 Å². The third-order valence-electron chi connectivity index (χ3n) is 5.09. The number of hydrogen-bond donors (Lipinski definition) is 0. The quantitative estimate of drug-likeness (QED) is 0.434. The smallest absolute Gasteiger partial charge is 0.225 e. The van der Waals surface area contributed by atoms with Crippen molar-refractivity contribution in [2.24, 2.45) is 0 Å². The van der Waals surface area contributed by atoms with Crippen LogP contribution in [0.3, 0.4) is 0 Å². The third-order valence-corrected chi connectivity index (χ3v) is 5.09. The maximum atomic E-state index is 13.2. The largest absolute Gasteiger partial charge is 0.381 e. The summed E-state index contributed by atoms with van der Waals surface area (Å²) in [5.41, 5.74) is 0.896. The van der Waals surface area contributed by atoms with Crippen LogP contribution < -0.4 is 0 Å². The van der Waals surface area contributed by atoms with Crippen LogP contribution in [0.4, 0.5) is 4.39 Å². The van der Waals surface area contributed by atoms with Gasteiger partial charge in [0.2, 0.25) is 5.91 Å². The first-order valence-corrected chi connectivity index (χ1v) is 9.81. The highest BCUT2D eigenvalue weighted by Gasteiger charge is 2.27. The van der Waals surface area contributed by atoms with Gasteiger partial charge < -0.3 is 19.1 Å². The van der Waals surface area contributed by atoms with E-state index < -0.39 is 6.29 Å². The molecule has 0 bridgehead atoms. The lowest BCUT2D eigenvalue weighted by Gasteiger charge is -2.36. The summed E-state index contributed by atoms with van der Waals surface area (Å²) in [5, 5.41) is 0. The first-order valence-electron chi connectivity index (χ1n) is 9.81. The van der Waals surface area contributed by atoms with Crippen LogP contribution in [0.5, 0.6) is 0 Å². The molecule has 152 valence electrons. The number of carbonyl (C=O) groups is 1. The lowest BCUT2D eigenvalue weighted by molar-refractivity contribution is -0.151. The molecule has 1 aliphatic rings. The second-order valence-corrected chi connectivity index (χ2v) is 6.98. The molecule has 1 amide bonds. The van der Waals surface area contributed by atoms with Crippen molar-refractivity contribution in [3.05, 3.63) is 35.6 Å². The average molecular weight is 381 g/mol. The van der Waals surface area contributed by atoms with E-state index in [1.54, 1.807) is 20.3 Å². The van der Waals surface area contributed by atoms with Crippen molar-refractivity contribution in [2.45, 2.75) is 57.3 Å². The summed E-state index contributed by atoms with van der Waals surface area (Å²) in [7, 11) is 3.18. The van der Waals surface area contributed by atoms with Gasteiger partial charge in [-0.2, -0.15) is 0 Å². The maximum absolute atomic E-state index is 13.2. The van der Waals surface area contributed by atoms with Gasteiger partial charge in [-0.15, -0.1) is 0 Å². The number of ether oxygens (including phenoxy) is 3. The number of carbonyl (C=O) groups excluding carboxylic acids is 1. The van der Waals surface area contributed by atoms with Crippen molar-refractivity contribution in [2.75, 3.05) is 34.0 Å². The van der Waals surface area contributed by atoms with E-state index >= 15 is 0 Å². The Labute approximate surface area is 161 Å². The first kappa shape index (κ1) is 21.8. The summed E-state index contributed by atoms with van der Waals surface area (Å²) in [4.78, 5) is 14.7. The molecule has 6 heteroatoms. The normalized spacial score (nSPS) is 15.3. The van der Waals surface area contributed by atoms with E-state index in [1.165, 1.54) is 18.6 Å². The second kappa shape index (κ2) is 12.1. The van der Waals surface area contributed by atoms with E-state index in [-0.39, 0.29) is 17.8 Å². The Hall–Kier alpha value is -1.50. The first-order chi connectivity index (χ1) is 13.1. The Morgan fingerprint density at radius 1 is 1.19 bits per heavy atom. The van der Waals surface area contributed by atoms with Crippen LogP contribution in [-0.4, -0.2) is 57.1 Å². The third kappa shape index (κ3) is 7.56. The number of methoxy groups -OCH3 is 2. The molecule has 1 aliphatic carbocycles. The molecule has 0 atom stereocenters. The molecule has 1 saturated carbocycles. The van der Waals surface area contributed by atoms with Crippen LogP contribution in [0.2, 0.25) is 0 Å². The molecule has 0 heterocycles. The van der Waals surface area contributed by atoms with Gasteiger partial charge in [-0.1, -0.05) is 31.4 Å². The molecule has 0 saturated heterocycles. The minimum absolute atomic E-state index is 0.0757. The monoisotopic (exact) mass is 381 g/mol. The van der Waals surface area contributed by atoms with Crippen LogP contribution >= 0.6 is 0 Å². The Bertz CT molecular complexity index is 559. The van der Waals surface area contributed by atoms with Gasteiger partial charge in [0.15, 0.2) is 6.29 Å². The van der Waals surface area contributed by atoms with Crippen molar-refractivity contribution in [1.82, 2.24) is 4.90 Å². The average Bonchev–Trinajstić information content (AvgIpc) is 2.69. The summed E-state index contributed by atoms with van der Waals surface area (Å²) >= 11 is 0. The Kier molecular flexibility index (Phi) is 9.73. The summed E-state index contributed by atoms with van der Waals surface area (Å²) in [6, 6.07) is 6.76. The molecule has 1 aromatic rings. The minimum Gasteiger partial charge on any atom is -0.381 e. The van der Waals surface area contributed by atoms with Crippen LogP contribution in [0, 0.1) is 5.82 Å². The fourth-order valence-corrected chi connectivity index (χ4v) is 3.54. The van der Waals surface area contributed by atoms with Gasteiger partial charge in [-0.05, 0) is 37.0 Å². The SMILES string of the molecule is COC(CN(C(=O)CCOCCc1cccc(F)c1)C1CCCCC1)OC. The number of halogens is 1. The molecule has 1 fully saturated rings. The summed E-state index contributed by atoms with van der Waals surface area (Å²) in [6.45, 7) is 1.28. The molecular weight excluding hydrogens is 349 g/mol. The van der Waals surface area contributed by atoms with Gasteiger partial charge in [0, 0.05) is 20.3 Å². The topological polar surface area (TPSA) is 48.0 Å². The van der Waals surface area contributed by atoms with E-state index in [1.807, 2.05) is 11.0 Å². The van der Waals surface area contributed by atoms with Crippen molar-refractivity contribution >= 4 is 5.91 Å². The number of benzene rings is 1. The summed E-state index contributed by atoms with van der Waals surface area (Å²) in [5.74, 6) is -0.164. The Balaban J connectivity index is 1.77. The number of hydrogen-bond acceptors (Lipinski definition) is 4. The molecule has 0 spiro atoms. The standard InChI is InChI=1S/C21H32FNO4/c1-25-21(26-2)16-23(19-9-4-3-5-10-19)20(24)12-14-27-13-11-17-7-6-8-18(22)15-17/h6-8,15,19,21H,3-5,9-14,16H2,1-2H3. The van der Waals surface area contributed by atoms with Gasteiger partial charge in [0.25, 0.3) is 0 Å². The highest BCUT2D eigenvalue weighted by Crippen LogP contribution is 2.23. The zero-order chi connectivity index (χ0) is 19.5. The van der Waals surface area contributed by atoms with Crippen LogP contribution in [0.25, 0.3) is 0 Å². The van der Waals surface area contributed by atoms with Crippen LogP contribution in [0.15, 0.2) is 24.3 Å². The highest BCUT2D eigenvalue weighted by molar-refractivity contribution is 5.76. The Morgan fingerprint density at radius 2 is 1.93 bits per heavy atom. The summed E-state index contributed by atoms with van der Waals surface area (Å²) < 4.78 is 29.4. The molecule has 5 nitrogen and oxygen atoms in total. The van der Waals surface area contributed by atoms with Crippen LogP contribution in [-0.2, 0) is 25.4 Å². The lowest BCUT2D eigenvalue weighted by Crippen LogP contribution is -2.46. The second-order valence-electron chi connectivity index (χ2n) is 6.98. The molecule has 0 N–H and O–H groups in total. The highest BCUT2D eigenvalue weighted by atomic mass is 19.1. The van der Waals surface area contributed by atoms with E-state index in [0.29, 0.717) is 32.6 Å². The van der Waals surface area contributed by atoms with Crippen molar-refractivity contribution in [3.8, 4) is 0 Å². The number of nitrogens with zero attached hydrogens (tertiary/aromatic N) is 1. The van der Waals surface area contributed by atoms with E-state index in [2.05, 4.69) is 0 Å². The van der Waals surface area contributed by atoms with Gasteiger partial charge in [-0.3, -0.25) is 4.79 Å². The maximum Gasteiger partial charge on any atom is 0.225 e. The zero-order valence-corrected chi connectivity index (χ0v) is 16.5. The predicted molar refractivity (Wildman–Crippen MR) is 102 cm³/mol. The van der Waals surface area contributed by atoms with Crippen molar-refractivity contribution in [3.63, 3.8) is 0 Å². The molecule has 2 rings (SSSR count). The molecule has 1 aromatic carbocycles. The zero-order valence-electron chi connectivity index (χ0n) is 16.5. The van der Waals surface area contributed by atoms with E-state index in [0.717, 1.165) is 31.2 Å².